The van der Waals surface area contributed by atoms with Crippen LogP contribution in [0.3, 0.4) is 0 Å². The molecular weight excluding hydrogens is 222 g/mol. The Morgan fingerprint density at radius 3 is 2.94 bits per heavy atom. The molecule has 2 rings (SSSR count). The minimum Gasteiger partial charge on any atom is -0.370 e. The molecule has 1 aliphatic heterocycles. The van der Waals surface area contributed by atoms with E-state index in [0.29, 0.717) is 12.6 Å². The normalized spacial score (nSPS) is 19.3. The van der Waals surface area contributed by atoms with E-state index in [0.717, 1.165) is 19.5 Å². The number of nitriles is 1. The predicted octanol–water partition coefficient (Wildman–Crippen LogP) is 2.34. The summed E-state index contributed by atoms with van der Waals surface area (Å²) in [5, 5.41) is 8.76. The van der Waals surface area contributed by atoms with Crippen LogP contribution in [-0.2, 0) is 0 Å². The summed E-state index contributed by atoms with van der Waals surface area (Å²) in [5.74, 6) is 0. The van der Waals surface area contributed by atoms with Crippen LogP contribution in [0.25, 0.3) is 0 Å². The second-order valence-electron chi connectivity index (χ2n) is 5.18. The molecule has 1 heterocycles. The van der Waals surface area contributed by atoms with Crippen LogP contribution >= 0.6 is 0 Å². The van der Waals surface area contributed by atoms with E-state index in [9.17, 15) is 0 Å². The smallest absolute Gasteiger partial charge is 0.0866 e. The van der Waals surface area contributed by atoms with Crippen molar-refractivity contribution in [2.75, 3.05) is 31.6 Å². The van der Waals surface area contributed by atoms with Gasteiger partial charge in [0, 0.05) is 24.8 Å². The van der Waals surface area contributed by atoms with Gasteiger partial charge in [-0.2, -0.15) is 5.26 Å². The fourth-order valence-electron chi connectivity index (χ4n) is 2.64. The molecule has 1 saturated heterocycles. The zero-order valence-corrected chi connectivity index (χ0v) is 11.5. The van der Waals surface area contributed by atoms with Crippen LogP contribution in [0.15, 0.2) is 18.2 Å². The fourth-order valence-corrected chi connectivity index (χ4v) is 2.64. The minimum absolute atomic E-state index is 0.504. The molecule has 96 valence electrons. The minimum atomic E-state index is 0.504. The number of hydrogen-bond donors (Lipinski definition) is 0. The molecule has 1 unspecified atom stereocenters. The van der Waals surface area contributed by atoms with E-state index in [1.54, 1.807) is 0 Å². The highest BCUT2D eigenvalue weighted by Crippen LogP contribution is 2.27. The summed E-state index contributed by atoms with van der Waals surface area (Å²) in [7, 11) is 2.04. The zero-order valence-electron chi connectivity index (χ0n) is 11.5. The Balaban J connectivity index is 2.09. The van der Waals surface area contributed by atoms with Crippen molar-refractivity contribution in [3.05, 3.63) is 29.3 Å². The molecule has 3 nitrogen and oxygen atoms in total. The van der Waals surface area contributed by atoms with E-state index < -0.39 is 0 Å². The molecule has 1 aromatic carbocycles. The van der Waals surface area contributed by atoms with Crippen molar-refractivity contribution < 1.29 is 0 Å². The molecule has 0 radical (unpaired) electrons. The fraction of sp³-hybridized carbons (Fsp3) is 0.533. The molecule has 0 saturated carbocycles. The molecule has 0 amide bonds. The summed E-state index contributed by atoms with van der Waals surface area (Å²) < 4.78 is 0. The van der Waals surface area contributed by atoms with Crippen LogP contribution in [0.4, 0.5) is 5.69 Å². The van der Waals surface area contributed by atoms with Crippen LogP contribution in [0, 0.1) is 25.2 Å². The second kappa shape index (κ2) is 5.41. The quantitative estimate of drug-likeness (QED) is 0.763. The van der Waals surface area contributed by atoms with Gasteiger partial charge in [0.15, 0.2) is 0 Å². The molecule has 18 heavy (non-hydrogen) atoms. The van der Waals surface area contributed by atoms with Gasteiger partial charge in [-0.3, -0.25) is 4.90 Å². The zero-order chi connectivity index (χ0) is 13.1. The Hall–Kier alpha value is -1.53. The topological polar surface area (TPSA) is 30.3 Å². The van der Waals surface area contributed by atoms with Crippen LogP contribution < -0.4 is 4.90 Å². The van der Waals surface area contributed by atoms with E-state index in [1.807, 2.05) is 7.05 Å². The molecule has 0 N–H and O–H groups in total. The Morgan fingerprint density at radius 2 is 2.22 bits per heavy atom. The molecule has 1 aromatic rings. The number of rotatable bonds is 3. The first-order valence-corrected chi connectivity index (χ1v) is 6.52. The number of anilines is 1. The summed E-state index contributed by atoms with van der Waals surface area (Å²) in [6.45, 7) is 6.99. The molecule has 1 aliphatic rings. The third-order valence-corrected chi connectivity index (χ3v) is 4.02. The van der Waals surface area contributed by atoms with Crippen molar-refractivity contribution in [2.45, 2.75) is 26.3 Å². The Bertz CT molecular complexity index is 461. The van der Waals surface area contributed by atoms with Crippen molar-refractivity contribution >= 4 is 5.69 Å². The molecule has 1 atom stereocenters. The molecule has 0 spiro atoms. The van der Waals surface area contributed by atoms with Crippen molar-refractivity contribution in [1.29, 1.82) is 5.26 Å². The van der Waals surface area contributed by atoms with E-state index in [4.69, 9.17) is 5.26 Å². The number of nitrogens with zero attached hydrogens (tertiary/aromatic N) is 3. The van der Waals surface area contributed by atoms with Gasteiger partial charge in [0.05, 0.1) is 12.6 Å². The highest BCUT2D eigenvalue weighted by atomic mass is 15.2. The van der Waals surface area contributed by atoms with Crippen molar-refractivity contribution in [2.24, 2.45) is 0 Å². The Kier molecular flexibility index (Phi) is 3.88. The standard InChI is InChI=1S/C15H21N3/c1-12-5-4-6-15(13(12)2)18-9-7-14(11-18)17(3)10-8-16/h4-6,14H,7,9-11H2,1-3H3. The van der Waals surface area contributed by atoms with E-state index in [-0.39, 0.29) is 0 Å². The largest absolute Gasteiger partial charge is 0.370 e. The van der Waals surface area contributed by atoms with Crippen LogP contribution in [-0.4, -0.2) is 37.6 Å². The lowest BCUT2D eigenvalue weighted by Crippen LogP contribution is -2.34. The molecule has 3 heteroatoms. The van der Waals surface area contributed by atoms with E-state index in [2.05, 4.69) is 47.9 Å². The van der Waals surface area contributed by atoms with Crippen molar-refractivity contribution in [3.8, 4) is 6.07 Å². The van der Waals surface area contributed by atoms with Crippen LogP contribution in [0.1, 0.15) is 17.5 Å². The van der Waals surface area contributed by atoms with E-state index in [1.165, 1.54) is 16.8 Å². The summed E-state index contributed by atoms with van der Waals surface area (Å²) in [5.41, 5.74) is 4.07. The maximum Gasteiger partial charge on any atom is 0.0866 e. The number of likely N-dealkylation sites (N-methyl/N-ethyl adjacent to an activating group) is 1. The van der Waals surface area contributed by atoms with Gasteiger partial charge < -0.3 is 4.90 Å². The summed E-state index contributed by atoms with van der Waals surface area (Å²) in [6.07, 6.45) is 1.14. The van der Waals surface area contributed by atoms with Gasteiger partial charge in [0.1, 0.15) is 0 Å². The molecule has 0 bridgehead atoms. The van der Waals surface area contributed by atoms with Gasteiger partial charge in [-0.05, 0) is 44.5 Å². The Morgan fingerprint density at radius 1 is 1.44 bits per heavy atom. The SMILES string of the molecule is Cc1cccc(N2CCC(N(C)CC#N)C2)c1C. The van der Waals surface area contributed by atoms with E-state index >= 15 is 0 Å². The summed E-state index contributed by atoms with van der Waals surface area (Å²) >= 11 is 0. The molecule has 0 aliphatic carbocycles. The molecule has 1 fully saturated rings. The second-order valence-corrected chi connectivity index (χ2v) is 5.18. The van der Waals surface area contributed by atoms with Crippen molar-refractivity contribution in [3.63, 3.8) is 0 Å². The summed E-state index contributed by atoms with van der Waals surface area (Å²) in [4.78, 5) is 4.60. The first kappa shape index (κ1) is 12.9. The lowest BCUT2D eigenvalue weighted by molar-refractivity contribution is 0.289. The summed E-state index contributed by atoms with van der Waals surface area (Å²) in [6, 6.07) is 9.22. The predicted molar refractivity (Wildman–Crippen MR) is 74.8 cm³/mol. The van der Waals surface area contributed by atoms with Crippen LogP contribution in [0.2, 0.25) is 0 Å². The van der Waals surface area contributed by atoms with Gasteiger partial charge in [-0.1, -0.05) is 12.1 Å². The molecular formula is C15H21N3. The maximum absolute atomic E-state index is 8.76. The van der Waals surface area contributed by atoms with Gasteiger partial charge in [0.25, 0.3) is 0 Å². The average molecular weight is 243 g/mol. The first-order valence-electron chi connectivity index (χ1n) is 6.52. The highest BCUT2D eigenvalue weighted by Gasteiger charge is 2.26. The highest BCUT2D eigenvalue weighted by molar-refractivity contribution is 5.56. The number of aryl methyl sites for hydroxylation is 1. The van der Waals surface area contributed by atoms with Crippen LogP contribution in [0.5, 0.6) is 0 Å². The average Bonchev–Trinajstić information content (AvgIpc) is 2.82. The third-order valence-electron chi connectivity index (χ3n) is 4.02. The van der Waals surface area contributed by atoms with Gasteiger partial charge in [0.2, 0.25) is 0 Å². The number of benzene rings is 1. The monoisotopic (exact) mass is 243 g/mol. The third kappa shape index (κ3) is 2.49. The maximum atomic E-state index is 8.76. The van der Waals surface area contributed by atoms with Gasteiger partial charge in [-0.15, -0.1) is 0 Å². The lowest BCUT2D eigenvalue weighted by atomic mass is 10.1. The number of hydrogen-bond acceptors (Lipinski definition) is 3. The van der Waals surface area contributed by atoms with Gasteiger partial charge in [-0.25, -0.2) is 0 Å². The molecule has 0 aromatic heterocycles. The van der Waals surface area contributed by atoms with Crippen molar-refractivity contribution in [1.82, 2.24) is 4.90 Å². The van der Waals surface area contributed by atoms with Gasteiger partial charge >= 0.3 is 0 Å². The lowest BCUT2D eigenvalue weighted by Gasteiger charge is -2.24. The Labute approximate surface area is 110 Å². The first-order chi connectivity index (χ1) is 8.63.